The van der Waals surface area contributed by atoms with E-state index in [1.807, 2.05) is 19.1 Å². The third-order valence-corrected chi connectivity index (χ3v) is 2.54. The minimum Gasteiger partial charge on any atom is -0.490 e. The third-order valence-electron chi connectivity index (χ3n) is 2.54. The van der Waals surface area contributed by atoms with Crippen LogP contribution in [0.1, 0.15) is 12.6 Å². The van der Waals surface area contributed by atoms with Crippen molar-refractivity contribution in [1.82, 2.24) is 15.3 Å². The highest BCUT2D eigenvalue weighted by Crippen LogP contribution is 2.26. The normalized spacial score (nSPS) is 10.1. The molecule has 1 amide bonds. The van der Waals surface area contributed by atoms with Crippen LogP contribution in [0, 0.1) is 0 Å². The van der Waals surface area contributed by atoms with Crippen LogP contribution in [-0.2, 0) is 11.3 Å². The Labute approximate surface area is 117 Å². The van der Waals surface area contributed by atoms with Crippen LogP contribution in [0.2, 0.25) is 0 Å². The monoisotopic (exact) mass is 275 g/mol. The average molecular weight is 275 g/mol. The Morgan fingerprint density at radius 1 is 1.30 bits per heavy atom. The first-order valence-corrected chi connectivity index (χ1v) is 6.38. The van der Waals surface area contributed by atoms with Crippen LogP contribution in [0.25, 0.3) is 0 Å². The molecule has 0 bridgehead atoms. The number of aromatic amines is 1. The predicted molar refractivity (Wildman–Crippen MR) is 73.5 cm³/mol. The molecule has 1 aromatic carbocycles. The van der Waals surface area contributed by atoms with Crippen LogP contribution >= 0.6 is 0 Å². The van der Waals surface area contributed by atoms with Crippen molar-refractivity contribution < 1.29 is 14.3 Å². The van der Waals surface area contributed by atoms with E-state index in [1.54, 1.807) is 24.7 Å². The van der Waals surface area contributed by atoms with Crippen molar-refractivity contribution in [3.8, 4) is 11.5 Å². The number of ether oxygens (including phenoxy) is 2. The zero-order valence-corrected chi connectivity index (χ0v) is 11.3. The predicted octanol–water partition coefficient (Wildman–Crippen LogP) is 1.50. The van der Waals surface area contributed by atoms with Gasteiger partial charge in [-0.25, -0.2) is 4.98 Å². The molecule has 0 aliphatic carbocycles. The zero-order valence-electron chi connectivity index (χ0n) is 11.3. The molecule has 2 aromatic rings. The van der Waals surface area contributed by atoms with Gasteiger partial charge in [0.05, 0.1) is 25.2 Å². The van der Waals surface area contributed by atoms with Crippen LogP contribution < -0.4 is 14.8 Å². The molecule has 2 N–H and O–H groups in total. The summed E-state index contributed by atoms with van der Waals surface area (Å²) in [6.45, 7) is 2.79. The lowest BCUT2D eigenvalue weighted by Gasteiger charge is -2.11. The number of hydrogen-bond acceptors (Lipinski definition) is 4. The molecule has 6 heteroatoms. The lowest BCUT2D eigenvalue weighted by Crippen LogP contribution is -2.28. The summed E-state index contributed by atoms with van der Waals surface area (Å²) in [5, 5.41) is 2.73. The quantitative estimate of drug-likeness (QED) is 0.803. The van der Waals surface area contributed by atoms with Gasteiger partial charge in [-0.1, -0.05) is 12.1 Å². The lowest BCUT2D eigenvalue weighted by atomic mass is 10.3. The summed E-state index contributed by atoms with van der Waals surface area (Å²) < 4.78 is 10.9. The Kier molecular flexibility index (Phi) is 5.00. The van der Waals surface area contributed by atoms with Crippen molar-refractivity contribution in [1.29, 1.82) is 0 Å². The van der Waals surface area contributed by atoms with Crippen LogP contribution in [0.5, 0.6) is 11.5 Å². The van der Waals surface area contributed by atoms with E-state index in [0.29, 0.717) is 24.7 Å². The number of rotatable bonds is 7. The summed E-state index contributed by atoms with van der Waals surface area (Å²) >= 11 is 0. The number of amides is 1. The van der Waals surface area contributed by atoms with Gasteiger partial charge >= 0.3 is 0 Å². The highest BCUT2D eigenvalue weighted by atomic mass is 16.5. The van der Waals surface area contributed by atoms with Crippen LogP contribution in [0.3, 0.4) is 0 Å². The molecule has 20 heavy (non-hydrogen) atoms. The molecule has 0 atom stereocenters. The van der Waals surface area contributed by atoms with E-state index in [2.05, 4.69) is 15.3 Å². The van der Waals surface area contributed by atoms with E-state index in [9.17, 15) is 4.79 Å². The summed E-state index contributed by atoms with van der Waals surface area (Å²) in [6.07, 6.45) is 3.22. The second kappa shape index (κ2) is 7.18. The van der Waals surface area contributed by atoms with Gasteiger partial charge in [0.2, 0.25) is 0 Å². The fourth-order valence-corrected chi connectivity index (χ4v) is 1.61. The Bertz CT molecular complexity index is 540. The Morgan fingerprint density at radius 2 is 2.05 bits per heavy atom. The maximum absolute atomic E-state index is 11.7. The number of hydrogen-bond donors (Lipinski definition) is 2. The Morgan fingerprint density at radius 3 is 2.70 bits per heavy atom. The molecule has 2 rings (SSSR count). The minimum atomic E-state index is -0.203. The summed E-state index contributed by atoms with van der Waals surface area (Å²) in [5.41, 5.74) is 0.841. The van der Waals surface area contributed by atoms with Gasteiger partial charge < -0.3 is 19.8 Å². The number of imidazole rings is 1. The number of benzene rings is 1. The lowest BCUT2D eigenvalue weighted by molar-refractivity contribution is -0.123. The van der Waals surface area contributed by atoms with Gasteiger partial charge in [0.25, 0.3) is 5.91 Å². The molecule has 0 aliphatic rings. The van der Waals surface area contributed by atoms with Crippen LogP contribution in [0.4, 0.5) is 0 Å². The van der Waals surface area contributed by atoms with E-state index < -0.39 is 0 Å². The average Bonchev–Trinajstić information content (AvgIpc) is 2.98. The number of carbonyl (C=O) groups is 1. The summed E-state index contributed by atoms with van der Waals surface area (Å²) in [6, 6.07) is 7.27. The maximum Gasteiger partial charge on any atom is 0.258 e. The van der Waals surface area contributed by atoms with Gasteiger partial charge in [0, 0.05) is 6.20 Å². The topological polar surface area (TPSA) is 76.2 Å². The number of nitrogens with one attached hydrogen (secondary N) is 2. The van der Waals surface area contributed by atoms with E-state index >= 15 is 0 Å². The maximum atomic E-state index is 11.7. The summed E-state index contributed by atoms with van der Waals surface area (Å²) in [7, 11) is 0. The molecule has 0 unspecified atom stereocenters. The Balaban J connectivity index is 1.81. The van der Waals surface area contributed by atoms with Crippen molar-refractivity contribution in [3.05, 3.63) is 42.5 Å². The SMILES string of the molecule is CCOc1ccccc1OCC(=O)NCc1cnc[nH]1. The largest absolute Gasteiger partial charge is 0.490 e. The van der Waals surface area contributed by atoms with Crippen molar-refractivity contribution >= 4 is 5.91 Å². The number of para-hydroxylation sites is 2. The molecule has 0 aliphatic heterocycles. The zero-order chi connectivity index (χ0) is 14.2. The number of H-pyrrole nitrogens is 1. The molecular formula is C14H17N3O3. The van der Waals surface area contributed by atoms with E-state index in [1.165, 1.54) is 0 Å². The first-order valence-electron chi connectivity index (χ1n) is 6.38. The number of nitrogens with zero attached hydrogens (tertiary/aromatic N) is 1. The molecule has 0 spiro atoms. The molecule has 6 nitrogen and oxygen atoms in total. The van der Waals surface area contributed by atoms with Gasteiger partial charge in [-0.05, 0) is 19.1 Å². The third kappa shape index (κ3) is 4.01. The fraction of sp³-hybridized carbons (Fsp3) is 0.286. The van der Waals surface area contributed by atoms with E-state index in [-0.39, 0.29) is 12.5 Å². The molecule has 0 fully saturated rings. The number of aromatic nitrogens is 2. The first-order chi connectivity index (χ1) is 9.79. The van der Waals surface area contributed by atoms with E-state index in [0.717, 1.165) is 5.69 Å². The molecule has 0 saturated carbocycles. The standard InChI is InChI=1S/C14H17N3O3/c1-2-19-12-5-3-4-6-13(12)20-9-14(18)16-8-11-7-15-10-17-11/h3-7,10H,2,8-9H2,1H3,(H,15,17)(H,16,18). The minimum absolute atomic E-state index is 0.0573. The van der Waals surface area contributed by atoms with Crippen molar-refractivity contribution in [3.63, 3.8) is 0 Å². The highest BCUT2D eigenvalue weighted by Gasteiger charge is 2.07. The van der Waals surface area contributed by atoms with Gasteiger partial charge in [0.15, 0.2) is 18.1 Å². The summed E-state index contributed by atoms with van der Waals surface area (Å²) in [4.78, 5) is 18.4. The van der Waals surface area contributed by atoms with E-state index in [4.69, 9.17) is 9.47 Å². The molecule has 106 valence electrons. The second-order valence-corrected chi connectivity index (χ2v) is 4.02. The van der Waals surface area contributed by atoms with Crippen molar-refractivity contribution in [2.45, 2.75) is 13.5 Å². The second-order valence-electron chi connectivity index (χ2n) is 4.02. The number of carbonyl (C=O) groups excluding carboxylic acids is 1. The first kappa shape index (κ1) is 13.9. The van der Waals surface area contributed by atoms with Gasteiger partial charge in [-0.2, -0.15) is 0 Å². The molecule has 0 saturated heterocycles. The fourth-order valence-electron chi connectivity index (χ4n) is 1.61. The molecule has 1 heterocycles. The van der Waals surface area contributed by atoms with Crippen LogP contribution in [-0.4, -0.2) is 29.1 Å². The van der Waals surface area contributed by atoms with Crippen molar-refractivity contribution in [2.24, 2.45) is 0 Å². The van der Waals surface area contributed by atoms with Crippen LogP contribution in [0.15, 0.2) is 36.8 Å². The molecule has 0 radical (unpaired) electrons. The highest BCUT2D eigenvalue weighted by molar-refractivity contribution is 5.77. The molecule has 1 aromatic heterocycles. The van der Waals surface area contributed by atoms with Crippen molar-refractivity contribution in [2.75, 3.05) is 13.2 Å². The smallest absolute Gasteiger partial charge is 0.258 e. The summed E-state index contributed by atoms with van der Waals surface area (Å²) in [5.74, 6) is 0.994. The Hall–Kier alpha value is -2.50. The van der Waals surface area contributed by atoms with Gasteiger partial charge in [0.1, 0.15) is 0 Å². The van der Waals surface area contributed by atoms with Gasteiger partial charge in [-0.3, -0.25) is 4.79 Å². The van der Waals surface area contributed by atoms with Gasteiger partial charge in [-0.15, -0.1) is 0 Å². The molecular weight excluding hydrogens is 258 g/mol.